The molecule has 1 aromatic rings. The van der Waals surface area contributed by atoms with Crippen LogP contribution in [-0.4, -0.2) is 38.3 Å². The van der Waals surface area contributed by atoms with E-state index in [0.717, 1.165) is 0 Å². The van der Waals surface area contributed by atoms with Gasteiger partial charge in [0.05, 0.1) is 20.3 Å². The van der Waals surface area contributed by atoms with Crippen LogP contribution in [-0.2, 0) is 19.1 Å². The molecule has 0 heterocycles. The Bertz CT molecular complexity index is 526. The number of benzene rings is 1. The number of carbonyl (C=O) groups excluding carboxylic acids is 2. The Morgan fingerprint density at radius 2 is 1.70 bits per heavy atom. The Balaban J connectivity index is 3.00. The van der Waals surface area contributed by atoms with Gasteiger partial charge in [0.15, 0.2) is 0 Å². The van der Waals surface area contributed by atoms with Gasteiger partial charge in [0, 0.05) is 5.69 Å². The summed E-state index contributed by atoms with van der Waals surface area (Å²) < 4.78 is 15.1. The van der Waals surface area contributed by atoms with Gasteiger partial charge >= 0.3 is 11.9 Å². The molecule has 0 radical (unpaired) electrons. The molecule has 0 aromatic heterocycles. The third kappa shape index (κ3) is 5.32. The number of hydrogen-bond donors (Lipinski definition) is 1. The van der Waals surface area contributed by atoms with Crippen LogP contribution in [0.1, 0.15) is 13.8 Å². The molecule has 0 saturated carbocycles. The topological polar surface area (TPSA) is 73.9 Å². The molecule has 0 fully saturated rings. The van der Waals surface area contributed by atoms with E-state index in [9.17, 15) is 9.59 Å². The van der Waals surface area contributed by atoms with Crippen LogP contribution < -0.4 is 10.1 Å². The molecule has 1 rings (SSSR count). The second-order valence-corrected chi connectivity index (χ2v) is 4.62. The van der Waals surface area contributed by atoms with Crippen molar-refractivity contribution in [3.05, 3.63) is 36.9 Å². The maximum absolute atomic E-state index is 12.2. The van der Waals surface area contributed by atoms with Crippen molar-refractivity contribution >= 4 is 17.6 Å². The smallest absolute Gasteiger partial charge is 0.329 e. The second kappa shape index (κ2) is 9.50. The van der Waals surface area contributed by atoms with Crippen molar-refractivity contribution in [2.45, 2.75) is 19.9 Å². The summed E-state index contributed by atoms with van der Waals surface area (Å²) in [6, 6.07) is 6.07. The fourth-order valence-corrected chi connectivity index (χ4v) is 2.00. The summed E-state index contributed by atoms with van der Waals surface area (Å²) in [6.07, 6.45) is 1.39. The van der Waals surface area contributed by atoms with E-state index >= 15 is 0 Å². The normalized spacial score (nSPS) is 12.7. The van der Waals surface area contributed by atoms with Crippen LogP contribution in [0.5, 0.6) is 5.75 Å². The summed E-state index contributed by atoms with van der Waals surface area (Å²) >= 11 is 0. The van der Waals surface area contributed by atoms with Gasteiger partial charge in [0.1, 0.15) is 17.7 Å². The first kappa shape index (κ1) is 18.5. The molecule has 0 aliphatic rings. The average molecular weight is 321 g/mol. The lowest BCUT2D eigenvalue weighted by Crippen LogP contribution is -2.42. The maximum Gasteiger partial charge on any atom is 0.329 e. The van der Waals surface area contributed by atoms with Crippen LogP contribution in [0.2, 0.25) is 0 Å². The van der Waals surface area contributed by atoms with E-state index in [4.69, 9.17) is 14.2 Å². The van der Waals surface area contributed by atoms with Crippen molar-refractivity contribution in [2.75, 3.05) is 25.6 Å². The number of methoxy groups -OCH3 is 1. The number of anilines is 1. The summed E-state index contributed by atoms with van der Waals surface area (Å²) in [5.41, 5.74) is 0.653. The molecular weight excluding hydrogens is 298 g/mol. The number of hydrogen-bond acceptors (Lipinski definition) is 6. The molecule has 1 aromatic carbocycles. The highest BCUT2D eigenvalue weighted by molar-refractivity contribution is 5.88. The van der Waals surface area contributed by atoms with Crippen LogP contribution in [0.4, 0.5) is 5.69 Å². The highest BCUT2D eigenvalue weighted by Gasteiger charge is 2.33. The third-order valence-corrected chi connectivity index (χ3v) is 3.12. The molecule has 1 N–H and O–H groups in total. The van der Waals surface area contributed by atoms with Crippen molar-refractivity contribution in [3.63, 3.8) is 0 Å². The standard InChI is InChI=1S/C17H23NO5/c1-5-14(16(19)22-6-2)15(17(20)23-7-3)18-12-8-10-13(21-4)11-9-12/h5,8-11,14-15,18H,1,6-7H2,2-4H3/t14-,15+/m1/s1. The molecule has 0 aliphatic carbocycles. The largest absolute Gasteiger partial charge is 0.497 e. The highest BCUT2D eigenvalue weighted by atomic mass is 16.5. The average Bonchev–Trinajstić information content (AvgIpc) is 2.55. The molecule has 6 heteroatoms. The third-order valence-electron chi connectivity index (χ3n) is 3.12. The molecule has 6 nitrogen and oxygen atoms in total. The van der Waals surface area contributed by atoms with E-state index < -0.39 is 23.9 Å². The van der Waals surface area contributed by atoms with Crippen LogP contribution in [0.15, 0.2) is 36.9 Å². The van der Waals surface area contributed by atoms with E-state index in [0.29, 0.717) is 11.4 Å². The fourth-order valence-electron chi connectivity index (χ4n) is 2.00. The van der Waals surface area contributed by atoms with Crippen LogP contribution >= 0.6 is 0 Å². The molecule has 0 unspecified atom stereocenters. The summed E-state index contributed by atoms with van der Waals surface area (Å²) in [5, 5.41) is 3.00. The summed E-state index contributed by atoms with van der Waals surface area (Å²) in [6.45, 7) is 7.47. The van der Waals surface area contributed by atoms with E-state index in [-0.39, 0.29) is 13.2 Å². The van der Waals surface area contributed by atoms with E-state index in [1.54, 1.807) is 45.2 Å². The Kier molecular flexibility index (Phi) is 7.66. The van der Waals surface area contributed by atoms with Gasteiger partial charge in [-0.3, -0.25) is 4.79 Å². The number of carbonyl (C=O) groups is 2. The molecule has 0 spiro atoms. The van der Waals surface area contributed by atoms with Gasteiger partial charge in [-0.1, -0.05) is 6.08 Å². The highest BCUT2D eigenvalue weighted by Crippen LogP contribution is 2.20. The predicted octanol–water partition coefficient (Wildman–Crippen LogP) is 2.40. The first-order valence-electron chi connectivity index (χ1n) is 7.43. The quantitative estimate of drug-likeness (QED) is 0.556. The SMILES string of the molecule is C=C[C@@H](C(=O)OCC)[C@H](Nc1ccc(OC)cc1)C(=O)OCC. The molecule has 126 valence electrons. The van der Waals surface area contributed by atoms with Crippen LogP contribution in [0.3, 0.4) is 0 Å². The molecule has 0 amide bonds. The van der Waals surface area contributed by atoms with Crippen molar-refractivity contribution in [2.24, 2.45) is 5.92 Å². The van der Waals surface area contributed by atoms with Gasteiger partial charge in [0.2, 0.25) is 0 Å². The lowest BCUT2D eigenvalue weighted by molar-refractivity contribution is -0.153. The minimum absolute atomic E-state index is 0.215. The van der Waals surface area contributed by atoms with Gasteiger partial charge < -0.3 is 19.5 Å². The van der Waals surface area contributed by atoms with E-state index in [2.05, 4.69) is 11.9 Å². The van der Waals surface area contributed by atoms with Crippen LogP contribution in [0, 0.1) is 5.92 Å². The minimum Gasteiger partial charge on any atom is -0.497 e. The zero-order valence-electron chi connectivity index (χ0n) is 13.7. The lowest BCUT2D eigenvalue weighted by Gasteiger charge is -2.23. The number of nitrogens with one attached hydrogen (secondary N) is 1. The van der Waals surface area contributed by atoms with Gasteiger partial charge in [0.25, 0.3) is 0 Å². The van der Waals surface area contributed by atoms with E-state index in [1.165, 1.54) is 6.08 Å². The monoisotopic (exact) mass is 321 g/mol. The van der Waals surface area contributed by atoms with Gasteiger partial charge in [-0.15, -0.1) is 6.58 Å². The van der Waals surface area contributed by atoms with Gasteiger partial charge in [-0.05, 0) is 38.1 Å². The Morgan fingerprint density at radius 1 is 1.13 bits per heavy atom. The zero-order chi connectivity index (χ0) is 17.2. The molecule has 0 bridgehead atoms. The van der Waals surface area contributed by atoms with Crippen LogP contribution in [0.25, 0.3) is 0 Å². The van der Waals surface area contributed by atoms with Crippen molar-refractivity contribution in [3.8, 4) is 5.75 Å². The Labute approximate surface area is 136 Å². The number of ether oxygens (including phenoxy) is 3. The lowest BCUT2D eigenvalue weighted by atomic mass is 9.99. The fraction of sp³-hybridized carbons (Fsp3) is 0.412. The zero-order valence-corrected chi connectivity index (χ0v) is 13.7. The maximum atomic E-state index is 12.2. The molecular formula is C17H23NO5. The summed E-state index contributed by atoms with van der Waals surface area (Å²) in [5.74, 6) is -1.23. The molecule has 23 heavy (non-hydrogen) atoms. The van der Waals surface area contributed by atoms with Crippen molar-refractivity contribution in [1.82, 2.24) is 0 Å². The molecule has 0 saturated heterocycles. The Morgan fingerprint density at radius 3 is 2.17 bits per heavy atom. The minimum atomic E-state index is -0.917. The molecule has 2 atom stereocenters. The number of rotatable bonds is 9. The van der Waals surface area contributed by atoms with E-state index in [1.807, 2.05) is 0 Å². The first-order chi connectivity index (χ1) is 11.1. The summed E-state index contributed by atoms with van der Waals surface area (Å²) in [7, 11) is 1.57. The molecule has 0 aliphatic heterocycles. The summed E-state index contributed by atoms with van der Waals surface area (Å²) in [4.78, 5) is 24.3. The first-order valence-corrected chi connectivity index (χ1v) is 7.43. The predicted molar refractivity (Wildman–Crippen MR) is 87.4 cm³/mol. The van der Waals surface area contributed by atoms with Crippen molar-refractivity contribution in [1.29, 1.82) is 0 Å². The van der Waals surface area contributed by atoms with Gasteiger partial charge in [-0.25, -0.2) is 4.79 Å². The second-order valence-electron chi connectivity index (χ2n) is 4.62. The Hall–Kier alpha value is -2.50. The van der Waals surface area contributed by atoms with Gasteiger partial charge in [-0.2, -0.15) is 0 Å². The number of esters is 2. The van der Waals surface area contributed by atoms with Crippen molar-refractivity contribution < 1.29 is 23.8 Å².